The molecule has 0 aliphatic heterocycles. The van der Waals surface area contributed by atoms with E-state index in [1.165, 1.54) is 55.6 Å². The van der Waals surface area contributed by atoms with Gasteiger partial charge in [-0.2, -0.15) is 0 Å². The molecule has 0 heterocycles. The van der Waals surface area contributed by atoms with E-state index in [-0.39, 0.29) is 37.4 Å². The standard InChI is InChI=1S/C22H18Cl2N2O5S/c1-13-3-7-16(8-4-13)32(29,30)26-15-6-9-17(19(24)12-15)21(27)25-20-11-14(22(28)31-2)5-10-18(20)23/h3-12,26H,1-2H3,(H,25,27). The van der Waals surface area contributed by atoms with Crippen LogP contribution in [0.5, 0.6) is 0 Å². The van der Waals surface area contributed by atoms with Gasteiger partial charge >= 0.3 is 5.97 Å². The molecule has 0 bridgehead atoms. The average Bonchev–Trinajstić information content (AvgIpc) is 2.74. The molecular weight excluding hydrogens is 475 g/mol. The van der Waals surface area contributed by atoms with Crippen LogP contribution in [0.2, 0.25) is 10.0 Å². The molecule has 166 valence electrons. The van der Waals surface area contributed by atoms with Gasteiger partial charge in [0.05, 0.1) is 44.6 Å². The summed E-state index contributed by atoms with van der Waals surface area (Å²) in [4.78, 5) is 24.5. The Kier molecular flexibility index (Phi) is 7.08. The van der Waals surface area contributed by atoms with Crippen molar-refractivity contribution >= 4 is 56.5 Å². The number of benzene rings is 3. The molecule has 3 aromatic rings. The van der Waals surface area contributed by atoms with Gasteiger partial charge in [-0.25, -0.2) is 13.2 Å². The van der Waals surface area contributed by atoms with Gasteiger partial charge in [-0.3, -0.25) is 9.52 Å². The lowest BCUT2D eigenvalue weighted by molar-refractivity contribution is 0.0600. The summed E-state index contributed by atoms with van der Waals surface area (Å²) in [5, 5.41) is 2.82. The Morgan fingerprint density at radius 3 is 2.22 bits per heavy atom. The number of methoxy groups -OCH3 is 1. The maximum atomic E-state index is 12.7. The van der Waals surface area contributed by atoms with Crippen molar-refractivity contribution < 1.29 is 22.7 Å². The second-order valence-electron chi connectivity index (χ2n) is 6.75. The highest BCUT2D eigenvalue weighted by molar-refractivity contribution is 7.92. The van der Waals surface area contributed by atoms with Gasteiger partial charge in [-0.15, -0.1) is 0 Å². The van der Waals surface area contributed by atoms with E-state index in [2.05, 4.69) is 14.8 Å². The third kappa shape index (κ3) is 5.40. The number of sulfonamides is 1. The van der Waals surface area contributed by atoms with Crippen LogP contribution in [0.4, 0.5) is 11.4 Å². The van der Waals surface area contributed by atoms with Crippen LogP contribution in [0.25, 0.3) is 0 Å². The van der Waals surface area contributed by atoms with Gasteiger partial charge in [0.1, 0.15) is 0 Å². The Balaban J connectivity index is 1.80. The van der Waals surface area contributed by atoms with E-state index in [1.54, 1.807) is 12.1 Å². The highest BCUT2D eigenvalue weighted by atomic mass is 35.5. The van der Waals surface area contributed by atoms with E-state index in [9.17, 15) is 18.0 Å². The predicted octanol–water partition coefficient (Wildman–Crippen LogP) is 5.14. The van der Waals surface area contributed by atoms with Gasteiger partial charge in [-0.1, -0.05) is 40.9 Å². The van der Waals surface area contributed by atoms with Crippen LogP contribution in [0.1, 0.15) is 26.3 Å². The zero-order chi connectivity index (χ0) is 23.5. The van der Waals surface area contributed by atoms with Gasteiger partial charge in [-0.05, 0) is 55.5 Å². The number of esters is 1. The minimum atomic E-state index is -3.82. The first kappa shape index (κ1) is 23.6. The van der Waals surface area contributed by atoms with Gasteiger partial charge in [0.25, 0.3) is 15.9 Å². The average molecular weight is 493 g/mol. The van der Waals surface area contributed by atoms with E-state index in [1.807, 2.05) is 6.92 Å². The number of hydrogen-bond acceptors (Lipinski definition) is 5. The molecule has 0 unspecified atom stereocenters. The number of halogens is 2. The smallest absolute Gasteiger partial charge is 0.337 e. The van der Waals surface area contributed by atoms with E-state index >= 15 is 0 Å². The lowest BCUT2D eigenvalue weighted by Gasteiger charge is -2.12. The van der Waals surface area contributed by atoms with Crippen LogP contribution in [0.15, 0.2) is 65.6 Å². The van der Waals surface area contributed by atoms with Crippen molar-refractivity contribution in [1.82, 2.24) is 0 Å². The summed E-state index contributed by atoms with van der Waals surface area (Å²) in [6.07, 6.45) is 0. The van der Waals surface area contributed by atoms with E-state index in [0.717, 1.165) is 5.56 Å². The monoisotopic (exact) mass is 492 g/mol. The van der Waals surface area contributed by atoms with Crippen LogP contribution in [0, 0.1) is 6.92 Å². The molecule has 0 radical (unpaired) electrons. The first-order valence-corrected chi connectivity index (χ1v) is 11.4. The van der Waals surface area contributed by atoms with Crippen LogP contribution in [-0.2, 0) is 14.8 Å². The fourth-order valence-electron chi connectivity index (χ4n) is 2.75. The second-order valence-corrected chi connectivity index (χ2v) is 9.25. The summed E-state index contributed by atoms with van der Waals surface area (Å²) in [6, 6.07) is 14.8. The largest absolute Gasteiger partial charge is 0.465 e. The molecule has 0 spiro atoms. The van der Waals surface area contributed by atoms with Crippen molar-refractivity contribution in [3.05, 3.63) is 87.4 Å². The maximum absolute atomic E-state index is 12.7. The lowest BCUT2D eigenvalue weighted by atomic mass is 10.1. The third-order valence-corrected chi connectivity index (χ3v) is 6.47. The molecular formula is C22H18Cl2N2O5S. The van der Waals surface area contributed by atoms with E-state index in [4.69, 9.17) is 23.2 Å². The molecule has 0 fully saturated rings. The lowest BCUT2D eigenvalue weighted by Crippen LogP contribution is -2.15. The van der Waals surface area contributed by atoms with Crippen LogP contribution in [0.3, 0.4) is 0 Å². The van der Waals surface area contributed by atoms with Gasteiger partial charge in [0, 0.05) is 0 Å². The highest BCUT2D eigenvalue weighted by Gasteiger charge is 2.18. The molecule has 7 nitrogen and oxygen atoms in total. The normalized spacial score (nSPS) is 11.0. The Morgan fingerprint density at radius 2 is 1.59 bits per heavy atom. The number of anilines is 2. The summed E-state index contributed by atoms with van der Waals surface area (Å²) in [6.45, 7) is 1.85. The quantitative estimate of drug-likeness (QED) is 0.463. The molecule has 3 aromatic carbocycles. The Hall–Kier alpha value is -3.07. The van der Waals surface area contributed by atoms with Crippen molar-refractivity contribution in [1.29, 1.82) is 0 Å². The molecule has 0 saturated carbocycles. The molecule has 0 saturated heterocycles. The van der Waals surface area contributed by atoms with Crippen LogP contribution in [-0.4, -0.2) is 27.4 Å². The molecule has 2 N–H and O–H groups in total. The fourth-order valence-corrected chi connectivity index (χ4v) is 4.23. The molecule has 0 aliphatic carbocycles. The highest BCUT2D eigenvalue weighted by Crippen LogP contribution is 2.27. The molecule has 3 rings (SSSR count). The molecule has 10 heteroatoms. The van der Waals surface area contributed by atoms with Crippen molar-refractivity contribution in [3.8, 4) is 0 Å². The first-order chi connectivity index (χ1) is 15.1. The topological polar surface area (TPSA) is 102 Å². The zero-order valence-corrected chi connectivity index (χ0v) is 19.3. The Labute approximate surface area is 195 Å². The van der Waals surface area contributed by atoms with Crippen molar-refractivity contribution in [3.63, 3.8) is 0 Å². The molecule has 0 aliphatic rings. The zero-order valence-electron chi connectivity index (χ0n) is 17.0. The van der Waals surface area contributed by atoms with E-state index in [0.29, 0.717) is 0 Å². The maximum Gasteiger partial charge on any atom is 0.337 e. The summed E-state index contributed by atoms with van der Waals surface area (Å²) < 4.78 is 32.2. The Morgan fingerprint density at radius 1 is 0.906 bits per heavy atom. The summed E-state index contributed by atoms with van der Waals surface area (Å²) in [7, 11) is -2.58. The minimum Gasteiger partial charge on any atom is -0.465 e. The first-order valence-electron chi connectivity index (χ1n) is 9.19. The SMILES string of the molecule is COC(=O)c1ccc(Cl)c(NC(=O)c2ccc(NS(=O)(=O)c3ccc(C)cc3)cc2Cl)c1. The second kappa shape index (κ2) is 9.60. The fraction of sp³-hybridized carbons (Fsp3) is 0.0909. The number of carbonyl (C=O) groups excluding carboxylic acids is 2. The van der Waals surface area contributed by atoms with Gasteiger partial charge in [0.15, 0.2) is 0 Å². The third-order valence-electron chi connectivity index (χ3n) is 4.43. The number of aryl methyl sites for hydroxylation is 1. The predicted molar refractivity (Wildman–Crippen MR) is 124 cm³/mol. The minimum absolute atomic E-state index is 0.0202. The van der Waals surface area contributed by atoms with Gasteiger partial charge in [0.2, 0.25) is 0 Å². The van der Waals surface area contributed by atoms with Crippen molar-refractivity contribution in [2.75, 3.05) is 17.1 Å². The molecule has 1 amide bonds. The number of amides is 1. The van der Waals surface area contributed by atoms with Crippen LogP contribution >= 0.6 is 23.2 Å². The molecule has 0 aromatic heterocycles. The van der Waals surface area contributed by atoms with Gasteiger partial charge < -0.3 is 10.1 Å². The number of ether oxygens (including phenoxy) is 1. The van der Waals surface area contributed by atoms with Crippen molar-refractivity contribution in [2.24, 2.45) is 0 Å². The van der Waals surface area contributed by atoms with Crippen molar-refractivity contribution in [2.45, 2.75) is 11.8 Å². The number of nitrogens with one attached hydrogen (secondary N) is 2. The number of rotatable bonds is 6. The Bertz CT molecular complexity index is 1290. The summed E-state index contributed by atoms with van der Waals surface area (Å²) in [5.74, 6) is -1.17. The molecule has 32 heavy (non-hydrogen) atoms. The summed E-state index contributed by atoms with van der Waals surface area (Å²) in [5.41, 5.74) is 1.61. The summed E-state index contributed by atoms with van der Waals surface area (Å²) >= 11 is 12.3. The number of hydrogen-bond donors (Lipinski definition) is 2. The number of carbonyl (C=O) groups is 2. The van der Waals surface area contributed by atoms with Crippen LogP contribution < -0.4 is 10.0 Å². The molecule has 0 atom stereocenters. The van der Waals surface area contributed by atoms with E-state index < -0.39 is 21.9 Å².